The van der Waals surface area contributed by atoms with Crippen molar-refractivity contribution >= 4 is 18.3 Å². The Kier molecular flexibility index (Phi) is 6.40. The summed E-state index contributed by atoms with van der Waals surface area (Å²) in [6.45, 7) is 0.702. The molecule has 1 aromatic heterocycles. The van der Waals surface area contributed by atoms with Gasteiger partial charge in [-0.25, -0.2) is 4.39 Å². The van der Waals surface area contributed by atoms with Crippen molar-refractivity contribution < 1.29 is 9.18 Å². The second-order valence-electron chi connectivity index (χ2n) is 8.09. The number of nitrogens with two attached hydrogens (primary N) is 1. The van der Waals surface area contributed by atoms with E-state index in [0.29, 0.717) is 18.4 Å². The summed E-state index contributed by atoms with van der Waals surface area (Å²) in [6, 6.07) is 8.41. The third-order valence-corrected chi connectivity index (χ3v) is 6.33. The second-order valence-corrected chi connectivity index (χ2v) is 8.09. The Morgan fingerprint density at radius 2 is 2.11 bits per heavy atom. The maximum atomic E-state index is 13.4. The van der Waals surface area contributed by atoms with Crippen LogP contribution in [0.1, 0.15) is 31.4 Å². The van der Waals surface area contributed by atoms with Crippen LogP contribution in [-0.4, -0.2) is 40.6 Å². The molecule has 0 saturated heterocycles. The summed E-state index contributed by atoms with van der Waals surface area (Å²) >= 11 is 0. The number of rotatable bonds is 6. The van der Waals surface area contributed by atoms with Crippen LogP contribution in [0.4, 0.5) is 4.39 Å². The van der Waals surface area contributed by atoms with Crippen LogP contribution < -0.4 is 5.73 Å². The molecular weight excluding hydrogens is 379 g/mol. The zero-order valence-corrected chi connectivity index (χ0v) is 16.9. The summed E-state index contributed by atoms with van der Waals surface area (Å²) < 4.78 is 13.4. The quantitative estimate of drug-likeness (QED) is 0.771. The standard InChI is InChI=1S/C21H27FN4O.ClH/c1-26(21(27)19-14-7-8-15(10-14)20(19)23)9-3-6-17-12-18(25-24-17)13-4-2-5-16(22)11-13;/h2,4-5,11-12,14-15,19-20H,3,6-10,23H2,1H3,(H,24,25);1H. The Balaban J connectivity index is 0.00000225. The van der Waals surface area contributed by atoms with Gasteiger partial charge in [0.25, 0.3) is 0 Å². The highest BCUT2D eigenvalue weighted by atomic mass is 35.5. The van der Waals surface area contributed by atoms with Gasteiger partial charge in [-0.1, -0.05) is 12.1 Å². The zero-order valence-electron chi connectivity index (χ0n) is 16.1. The number of aromatic amines is 1. The summed E-state index contributed by atoms with van der Waals surface area (Å²) in [7, 11) is 1.88. The van der Waals surface area contributed by atoms with Crippen LogP contribution in [0.15, 0.2) is 30.3 Å². The lowest BCUT2D eigenvalue weighted by Gasteiger charge is -2.30. The second kappa shape index (κ2) is 8.62. The van der Waals surface area contributed by atoms with Crippen LogP contribution >= 0.6 is 12.4 Å². The minimum absolute atomic E-state index is 0. The number of aryl methyl sites for hydroxylation is 1. The molecular formula is C21H28ClFN4O. The molecule has 2 aliphatic rings. The third-order valence-electron chi connectivity index (χ3n) is 6.33. The summed E-state index contributed by atoms with van der Waals surface area (Å²) in [4.78, 5) is 14.6. The van der Waals surface area contributed by atoms with Gasteiger partial charge in [0.2, 0.25) is 5.91 Å². The maximum absolute atomic E-state index is 13.4. The first-order chi connectivity index (χ1) is 13.0. The Hall–Kier alpha value is -1.92. The highest BCUT2D eigenvalue weighted by molar-refractivity contribution is 5.85. The van der Waals surface area contributed by atoms with E-state index in [-0.39, 0.29) is 36.1 Å². The molecule has 28 heavy (non-hydrogen) atoms. The van der Waals surface area contributed by atoms with E-state index in [0.717, 1.165) is 42.6 Å². The van der Waals surface area contributed by atoms with Crippen LogP contribution in [0.3, 0.4) is 0 Å². The number of carbonyl (C=O) groups excluding carboxylic acids is 1. The molecule has 4 rings (SSSR count). The van der Waals surface area contributed by atoms with Crippen molar-refractivity contribution in [3.8, 4) is 11.3 Å². The van der Waals surface area contributed by atoms with Crippen molar-refractivity contribution in [3.63, 3.8) is 0 Å². The van der Waals surface area contributed by atoms with Gasteiger partial charge in [0.15, 0.2) is 0 Å². The molecule has 1 amide bonds. The molecule has 0 aliphatic heterocycles. The first-order valence-corrected chi connectivity index (χ1v) is 9.83. The summed E-state index contributed by atoms with van der Waals surface area (Å²) in [6.07, 6.45) is 5.11. The first kappa shape index (κ1) is 20.8. The predicted molar refractivity (Wildman–Crippen MR) is 109 cm³/mol. The van der Waals surface area contributed by atoms with Crippen molar-refractivity contribution in [1.29, 1.82) is 0 Å². The number of fused-ring (bicyclic) bond motifs is 2. The molecule has 0 spiro atoms. The van der Waals surface area contributed by atoms with E-state index in [4.69, 9.17) is 5.73 Å². The number of halogens is 2. The predicted octanol–water partition coefficient (Wildman–Crippen LogP) is 3.40. The summed E-state index contributed by atoms with van der Waals surface area (Å²) in [5.41, 5.74) is 8.79. The number of amides is 1. The highest BCUT2D eigenvalue weighted by Gasteiger charge is 2.49. The lowest BCUT2D eigenvalue weighted by Crippen LogP contribution is -2.46. The number of hydrogen-bond donors (Lipinski definition) is 2. The van der Waals surface area contributed by atoms with Gasteiger partial charge >= 0.3 is 0 Å². The molecule has 2 aromatic rings. The van der Waals surface area contributed by atoms with Gasteiger partial charge in [-0.2, -0.15) is 5.10 Å². The smallest absolute Gasteiger partial charge is 0.227 e. The molecule has 5 nitrogen and oxygen atoms in total. The van der Waals surface area contributed by atoms with E-state index in [1.165, 1.54) is 18.6 Å². The third kappa shape index (κ3) is 4.08. The highest BCUT2D eigenvalue weighted by Crippen LogP contribution is 2.48. The molecule has 3 N–H and O–H groups in total. The molecule has 2 saturated carbocycles. The van der Waals surface area contributed by atoms with E-state index in [9.17, 15) is 9.18 Å². The van der Waals surface area contributed by atoms with Crippen LogP contribution in [0.25, 0.3) is 11.3 Å². The number of H-pyrrole nitrogens is 1. The molecule has 2 aliphatic carbocycles. The lowest BCUT2D eigenvalue weighted by atomic mass is 9.84. The monoisotopic (exact) mass is 406 g/mol. The van der Waals surface area contributed by atoms with Crippen molar-refractivity contribution in [2.45, 2.75) is 38.1 Å². The molecule has 4 unspecified atom stereocenters. The van der Waals surface area contributed by atoms with Gasteiger partial charge in [-0.15, -0.1) is 12.4 Å². The zero-order chi connectivity index (χ0) is 19.0. The average Bonchev–Trinajstić information content (AvgIpc) is 3.37. The van der Waals surface area contributed by atoms with Crippen LogP contribution in [0.5, 0.6) is 0 Å². The molecule has 152 valence electrons. The van der Waals surface area contributed by atoms with E-state index in [1.807, 2.05) is 24.1 Å². The molecule has 4 atom stereocenters. The number of nitrogens with one attached hydrogen (secondary N) is 1. The fourth-order valence-corrected chi connectivity index (χ4v) is 4.86. The first-order valence-electron chi connectivity index (χ1n) is 9.83. The molecule has 7 heteroatoms. The number of carbonyl (C=O) groups is 1. The molecule has 2 bridgehead atoms. The number of hydrogen-bond acceptors (Lipinski definition) is 3. The summed E-state index contributed by atoms with van der Waals surface area (Å²) in [5.74, 6) is 0.987. The van der Waals surface area contributed by atoms with E-state index < -0.39 is 0 Å². The van der Waals surface area contributed by atoms with Gasteiger partial charge in [-0.3, -0.25) is 9.89 Å². The minimum Gasteiger partial charge on any atom is -0.345 e. The topological polar surface area (TPSA) is 75.0 Å². The molecule has 1 heterocycles. The largest absolute Gasteiger partial charge is 0.345 e. The van der Waals surface area contributed by atoms with Crippen molar-refractivity contribution in [1.82, 2.24) is 15.1 Å². The fourth-order valence-electron chi connectivity index (χ4n) is 4.86. The van der Waals surface area contributed by atoms with Crippen LogP contribution in [-0.2, 0) is 11.2 Å². The Morgan fingerprint density at radius 3 is 2.82 bits per heavy atom. The Labute approximate surface area is 171 Å². The normalized spacial score (nSPS) is 25.5. The molecule has 0 radical (unpaired) electrons. The SMILES string of the molecule is CN(CCCc1cc(-c2cccc(F)c2)n[nH]1)C(=O)C1C2CCC(C2)C1N.Cl. The lowest BCUT2D eigenvalue weighted by molar-refractivity contribution is -0.136. The van der Waals surface area contributed by atoms with Crippen LogP contribution in [0, 0.1) is 23.6 Å². The fraction of sp³-hybridized carbons (Fsp3) is 0.524. The van der Waals surface area contributed by atoms with E-state index >= 15 is 0 Å². The molecule has 2 fully saturated rings. The van der Waals surface area contributed by atoms with Gasteiger partial charge in [0.1, 0.15) is 5.82 Å². The van der Waals surface area contributed by atoms with Crippen molar-refractivity contribution in [2.75, 3.05) is 13.6 Å². The Morgan fingerprint density at radius 1 is 1.32 bits per heavy atom. The van der Waals surface area contributed by atoms with Crippen molar-refractivity contribution in [3.05, 3.63) is 41.8 Å². The van der Waals surface area contributed by atoms with Gasteiger partial charge < -0.3 is 10.6 Å². The van der Waals surface area contributed by atoms with Gasteiger partial charge in [0, 0.05) is 30.9 Å². The Bertz CT molecular complexity index is 824. The maximum Gasteiger partial charge on any atom is 0.227 e. The van der Waals surface area contributed by atoms with Gasteiger partial charge in [0.05, 0.1) is 11.6 Å². The minimum atomic E-state index is -0.268. The summed E-state index contributed by atoms with van der Waals surface area (Å²) in [5, 5.41) is 7.29. The van der Waals surface area contributed by atoms with E-state index in [1.54, 1.807) is 6.07 Å². The van der Waals surface area contributed by atoms with E-state index in [2.05, 4.69) is 10.2 Å². The number of nitrogens with zero attached hydrogens (tertiary/aromatic N) is 2. The number of aromatic nitrogens is 2. The molecule has 1 aromatic carbocycles. The number of benzene rings is 1. The average molecular weight is 407 g/mol. The van der Waals surface area contributed by atoms with Crippen LogP contribution in [0.2, 0.25) is 0 Å². The van der Waals surface area contributed by atoms with Gasteiger partial charge in [-0.05, 0) is 62.1 Å². The van der Waals surface area contributed by atoms with Crippen molar-refractivity contribution in [2.24, 2.45) is 23.5 Å².